The number of hydrogen-bond donors (Lipinski definition) is 0. The van der Waals surface area contributed by atoms with Crippen molar-refractivity contribution < 1.29 is 9.53 Å². The highest BCUT2D eigenvalue weighted by atomic mass is 28.3. The zero-order chi connectivity index (χ0) is 23.2. The highest BCUT2D eigenvalue weighted by Crippen LogP contribution is 2.29. The van der Waals surface area contributed by atoms with Crippen LogP contribution in [0.1, 0.15) is 19.3 Å². The van der Waals surface area contributed by atoms with Crippen LogP contribution >= 0.6 is 0 Å². The van der Waals surface area contributed by atoms with Gasteiger partial charge in [-0.05, 0) is 47.0 Å². The number of anilines is 1. The van der Waals surface area contributed by atoms with E-state index in [0.717, 1.165) is 24.9 Å². The monoisotopic (exact) mass is 463 g/mol. The van der Waals surface area contributed by atoms with E-state index >= 15 is 0 Å². The van der Waals surface area contributed by atoms with Crippen molar-refractivity contribution in [3.63, 3.8) is 0 Å². The van der Waals surface area contributed by atoms with Crippen molar-refractivity contribution in [2.24, 2.45) is 0 Å². The minimum atomic E-state index is -2.91. The maximum absolute atomic E-state index is 13.5. The van der Waals surface area contributed by atoms with Crippen molar-refractivity contribution in [1.29, 1.82) is 0 Å². The number of ether oxygens (including phenoxy) is 1. The van der Waals surface area contributed by atoms with E-state index in [2.05, 4.69) is 120 Å². The lowest BCUT2D eigenvalue weighted by atomic mass is 10.1. The van der Waals surface area contributed by atoms with E-state index < -0.39 is 8.24 Å². The van der Waals surface area contributed by atoms with Gasteiger partial charge in [-0.2, -0.15) is 0 Å². The van der Waals surface area contributed by atoms with E-state index in [1.54, 1.807) is 0 Å². The van der Waals surface area contributed by atoms with Crippen molar-refractivity contribution >= 4 is 35.5 Å². The molecule has 0 aliphatic carbocycles. The first-order valence-electron chi connectivity index (χ1n) is 12.0. The van der Waals surface area contributed by atoms with Crippen LogP contribution in [0.3, 0.4) is 0 Å². The van der Waals surface area contributed by atoms with E-state index in [1.807, 2.05) is 6.07 Å². The molecule has 1 fully saturated rings. The minimum Gasteiger partial charge on any atom is -0.464 e. The largest absolute Gasteiger partial charge is 0.464 e. The smallest absolute Gasteiger partial charge is 0.327 e. The van der Waals surface area contributed by atoms with E-state index in [4.69, 9.17) is 4.74 Å². The third-order valence-electron chi connectivity index (χ3n) is 6.67. The van der Waals surface area contributed by atoms with Gasteiger partial charge in [0.05, 0.1) is 6.61 Å². The number of rotatable bonds is 6. The summed E-state index contributed by atoms with van der Waals surface area (Å²) in [5.41, 5.74) is 1.05. The molecule has 0 saturated carbocycles. The Kier molecular flexibility index (Phi) is 6.59. The number of carbonyl (C=O) groups is 1. The van der Waals surface area contributed by atoms with E-state index in [1.165, 1.54) is 15.6 Å². The van der Waals surface area contributed by atoms with Crippen molar-refractivity contribution in [2.75, 3.05) is 11.2 Å². The van der Waals surface area contributed by atoms with Crippen LogP contribution in [0.15, 0.2) is 121 Å². The summed E-state index contributed by atoms with van der Waals surface area (Å²) in [7, 11) is -2.91. The predicted molar refractivity (Wildman–Crippen MR) is 142 cm³/mol. The Balaban J connectivity index is 1.89. The van der Waals surface area contributed by atoms with Crippen molar-refractivity contribution in [3.8, 4) is 0 Å². The molecule has 34 heavy (non-hydrogen) atoms. The first kappa shape index (κ1) is 22.2. The fourth-order valence-corrected chi connectivity index (χ4v) is 10.3. The molecular formula is C30H29NO2Si. The summed E-state index contributed by atoms with van der Waals surface area (Å²) < 4.78 is 8.21. The third-order valence-corrected chi connectivity index (χ3v) is 11.5. The van der Waals surface area contributed by atoms with Crippen LogP contribution in [0.5, 0.6) is 0 Å². The Labute approximate surface area is 202 Å². The third kappa shape index (κ3) is 4.06. The molecule has 1 aliphatic rings. The molecule has 1 aliphatic heterocycles. The van der Waals surface area contributed by atoms with Crippen molar-refractivity contribution in [3.05, 3.63) is 121 Å². The van der Waals surface area contributed by atoms with Gasteiger partial charge < -0.3 is 9.30 Å². The van der Waals surface area contributed by atoms with Gasteiger partial charge in [0.2, 0.25) is 0 Å². The normalized spacial score (nSPS) is 16.4. The van der Waals surface area contributed by atoms with Gasteiger partial charge in [0.15, 0.2) is 0 Å². The number of carbonyl (C=O) groups excluding carboxylic acids is 1. The second-order valence-corrected chi connectivity index (χ2v) is 12.3. The summed E-state index contributed by atoms with van der Waals surface area (Å²) in [6.07, 6.45) is 2.64. The van der Waals surface area contributed by atoms with Gasteiger partial charge in [0, 0.05) is 5.69 Å². The first-order chi connectivity index (χ1) is 16.8. The molecule has 0 aromatic heterocycles. The summed E-state index contributed by atoms with van der Waals surface area (Å²) in [5.74, 6) is -0.124. The van der Waals surface area contributed by atoms with Gasteiger partial charge in [-0.1, -0.05) is 109 Å². The lowest BCUT2D eigenvalue weighted by Crippen LogP contribution is -2.80. The second-order valence-electron chi connectivity index (χ2n) is 8.69. The standard InChI is InChI=1S/C30H29NO2Si/c32-30-29(23-13-14-24-33-30)31(25-15-5-1-6-16-25)34(26-17-7-2-8-18-26,27-19-9-3-10-20-27)28-21-11-4-12-22-28/h1-12,15-22,29H,13-14,23-24H2. The SMILES string of the molecule is O=C1OCCCCC1N(c1ccccc1)[Si](c1ccccc1)(c1ccccc1)c1ccccc1. The Morgan fingerprint density at radius 3 is 1.53 bits per heavy atom. The molecule has 4 heteroatoms. The molecule has 0 spiro atoms. The highest BCUT2D eigenvalue weighted by Gasteiger charge is 2.50. The average molecular weight is 464 g/mol. The van der Waals surface area contributed by atoms with E-state index in [-0.39, 0.29) is 12.0 Å². The molecule has 0 N–H and O–H groups in total. The molecular weight excluding hydrogens is 434 g/mol. The molecule has 0 amide bonds. The van der Waals surface area contributed by atoms with E-state index in [9.17, 15) is 4.79 Å². The fraction of sp³-hybridized carbons (Fsp3) is 0.167. The Morgan fingerprint density at radius 1 is 0.618 bits per heavy atom. The predicted octanol–water partition coefficient (Wildman–Crippen LogP) is 4.26. The topological polar surface area (TPSA) is 29.5 Å². The summed E-state index contributed by atoms with van der Waals surface area (Å²) >= 11 is 0. The molecule has 0 bridgehead atoms. The number of hydrogen-bond acceptors (Lipinski definition) is 3. The molecule has 4 aromatic carbocycles. The quantitative estimate of drug-likeness (QED) is 0.243. The first-order valence-corrected chi connectivity index (χ1v) is 13.9. The van der Waals surface area contributed by atoms with Crippen LogP contribution in [0.25, 0.3) is 0 Å². The molecule has 170 valence electrons. The molecule has 3 nitrogen and oxygen atoms in total. The van der Waals surface area contributed by atoms with Crippen LogP contribution < -0.4 is 20.1 Å². The molecule has 0 radical (unpaired) electrons. The van der Waals surface area contributed by atoms with Crippen LogP contribution in [0, 0.1) is 0 Å². The van der Waals surface area contributed by atoms with Crippen LogP contribution in [-0.2, 0) is 9.53 Å². The Morgan fingerprint density at radius 2 is 1.06 bits per heavy atom. The Bertz CT molecular complexity index is 1100. The van der Waals surface area contributed by atoms with Crippen LogP contribution in [-0.4, -0.2) is 26.9 Å². The lowest BCUT2D eigenvalue weighted by Gasteiger charge is -2.48. The van der Waals surface area contributed by atoms with Gasteiger partial charge in [-0.3, -0.25) is 0 Å². The average Bonchev–Trinajstić information content (AvgIpc) is 3.13. The fourth-order valence-electron chi connectivity index (χ4n) is 5.21. The Hall–Kier alpha value is -3.63. The van der Waals surface area contributed by atoms with Gasteiger partial charge in [0.1, 0.15) is 6.04 Å². The van der Waals surface area contributed by atoms with Crippen molar-refractivity contribution in [1.82, 2.24) is 0 Å². The lowest BCUT2D eigenvalue weighted by molar-refractivity contribution is -0.144. The highest BCUT2D eigenvalue weighted by molar-refractivity contribution is 7.13. The zero-order valence-corrected chi connectivity index (χ0v) is 20.2. The van der Waals surface area contributed by atoms with Gasteiger partial charge >= 0.3 is 5.97 Å². The number of esters is 1. The summed E-state index contributed by atoms with van der Waals surface area (Å²) in [5, 5.41) is 3.73. The number of nitrogens with zero attached hydrogens (tertiary/aromatic N) is 1. The van der Waals surface area contributed by atoms with Gasteiger partial charge in [-0.15, -0.1) is 0 Å². The molecule has 5 rings (SSSR count). The maximum atomic E-state index is 13.5. The van der Waals surface area contributed by atoms with E-state index in [0.29, 0.717) is 6.61 Å². The number of para-hydroxylation sites is 1. The van der Waals surface area contributed by atoms with Gasteiger partial charge in [-0.25, -0.2) is 4.79 Å². The van der Waals surface area contributed by atoms with Crippen LogP contribution in [0.4, 0.5) is 5.69 Å². The van der Waals surface area contributed by atoms with Crippen LogP contribution in [0.2, 0.25) is 0 Å². The van der Waals surface area contributed by atoms with Crippen molar-refractivity contribution in [2.45, 2.75) is 25.3 Å². The number of benzene rings is 4. The molecule has 1 saturated heterocycles. The molecule has 1 atom stereocenters. The summed E-state index contributed by atoms with van der Waals surface area (Å²) in [4.78, 5) is 13.5. The molecule has 4 aromatic rings. The molecule has 1 heterocycles. The van der Waals surface area contributed by atoms with Gasteiger partial charge in [0.25, 0.3) is 8.24 Å². The summed E-state index contributed by atoms with van der Waals surface area (Å²) in [6.45, 7) is 0.495. The summed E-state index contributed by atoms with van der Waals surface area (Å²) in [6, 6.07) is 42.2. The number of cyclic esters (lactones) is 1. The minimum absolute atomic E-state index is 0.124. The maximum Gasteiger partial charge on any atom is 0.327 e. The molecule has 1 unspecified atom stereocenters. The second kappa shape index (κ2) is 10.1. The zero-order valence-electron chi connectivity index (χ0n) is 19.2.